The lowest BCUT2D eigenvalue weighted by Gasteiger charge is -2.24. The van der Waals surface area contributed by atoms with Crippen LogP contribution in [0.25, 0.3) is 10.2 Å². The van der Waals surface area contributed by atoms with Crippen LogP contribution in [0, 0.1) is 25.5 Å². The smallest absolute Gasteiger partial charge is 0.264 e. The highest BCUT2D eigenvalue weighted by atomic mass is 32.2. The van der Waals surface area contributed by atoms with Crippen molar-refractivity contribution in [2.75, 3.05) is 9.62 Å². The van der Waals surface area contributed by atoms with Gasteiger partial charge in [0.2, 0.25) is 0 Å². The Hall–Kier alpha value is -4.15. The third kappa shape index (κ3) is 4.88. The van der Waals surface area contributed by atoms with Crippen molar-refractivity contribution < 1.29 is 22.0 Å². The Morgan fingerprint density at radius 2 is 1.55 bits per heavy atom. The van der Waals surface area contributed by atoms with Gasteiger partial charge in [-0.2, -0.15) is 0 Å². The van der Waals surface area contributed by atoms with Crippen LogP contribution >= 0.6 is 11.3 Å². The monoisotopic (exact) mass is 549 g/mol. The molecule has 192 valence electrons. The molecule has 0 aliphatic rings. The first-order valence-electron chi connectivity index (χ1n) is 11.5. The maximum Gasteiger partial charge on any atom is 0.264 e. The molecule has 0 spiro atoms. The minimum absolute atomic E-state index is 0.157. The van der Waals surface area contributed by atoms with Gasteiger partial charge in [-0.25, -0.2) is 22.2 Å². The van der Waals surface area contributed by atoms with E-state index in [9.17, 15) is 22.0 Å². The molecule has 0 aliphatic heterocycles. The van der Waals surface area contributed by atoms with Crippen molar-refractivity contribution in [2.45, 2.75) is 18.7 Å². The normalized spacial score (nSPS) is 11.5. The maximum atomic E-state index is 13.9. The Balaban J connectivity index is 1.49. The SMILES string of the molecule is Cc1cccc(C)c1N(C(=O)c1ccc(NS(=O)(=O)c2ccc(F)c(F)c2)cc1)c1nc2ccccc2s1. The number of sulfonamides is 1. The minimum Gasteiger partial charge on any atom is -0.280 e. The molecule has 0 fully saturated rings. The summed E-state index contributed by atoms with van der Waals surface area (Å²) in [5.74, 6) is -2.75. The number of hydrogen-bond donors (Lipinski definition) is 1. The number of amides is 1. The number of benzene rings is 4. The molecule has 0 radical (unpaired) electrons. The summed E-state index contributed by atoms with van der Waals surface area (Å²) in [7, 11) is -4.17. The van der Waals surface area contributed by atoms with Crippen LogP contribution in [-0.4, -0.2) is 19.3 Å². The largest absolute Gasteiger partial charge is 0.280 e. The van der Waals surface area contributed by atoms with Crippen molar-refractivity contribution in [2.24, 2.45) is 0 Å². The number of nitrogens with one attached hydrogen (secondary N) is 1. The molecule has 0 bridgehead atoms. The lowest BCUT2D eigenvalue weighted by Crippen LogP contribution is -2.27. The van der Waals surface area contributed by atoms with Gasteiger partial charge in [-0.15, -0.1) is 0 Å². The number of aryl methyl sites for hydroxylation is 2. The Labute approximate surface area is 222 Å². The van der Waals surface area contributed by atoms with Gasteiger partial charge in [0, 0.05) is 11.3 Å². The van der Waals surface area contributed by atoms with Crippen molar-refractivity contribution in [1.82, 2.24) is 4.98 Å². The second-order valence-corrected chi connectivity index (χ2v) is 11.3. The first-order valence-corrected chi connectivity index (χ1v) is 13.8. The van der Waals surface area contributed by atoms with Gasteiger partial charge in [0.25, 0.3) is 15.9 Å². The fourth-order valence-corrected chi connectivity index (χ4v) is 6.11. The van der Waals surface area contributed by atoms with E-state index in [1.807, 2.05) is 56.3 Å². The number of halogens is 2. The molecule has 1 aromatic heterocycles. The van der Waals surface area contributed by atoms with E-state index in [2.05, 4.69) is 4.72 Å². The minimum atomic E-state index is -4.17. The topological polar surface area (TPSA) is 79.4 Å². The third-order valence-electron chi connectivity index (χ3n) is 5.93. The molecule has 6 nitrogen and oxygen atoms in total. The Kier molecular flexibility index (Phi) is 6.68. The van der Waals surface area contributed by atoms with Gasteiger partial charge >= 0.3 is 0 Å². The van der Waals surface area contributed by atoms with E-state index in [0.29, 0.717) is 16.8 Å². The highest BCUT2D eigenvalue weighted by molar-refractivity contribution is 7.92. The van der Waals surface area contributed by atoms with Crippen LogP contribution < -0.4 is 9.62 Å². The Morgan fingerprint density at radius 1 is 0.868 bits per heavy atom. The molecule has 5 rings (SSSR count). The van der Waals surface area contributed by atoms with Gasteiger partial charge in [0.15, 0.2) is 16.8 Å². The van der Waals surface area contributed by atoms with Crippen molar-refractivity contribution in [3.05, 3.63) is 113 Å². The number of carbonyl (C=O) groups is 1. The third-order valence-corrected chi connectivity index (χ3v) is 8.33. The zero-order valence-corrected chi connectivity index (χ0v) is 21.9. The zero-order chi connectivity index (χ0) is 27.0. The van der Waals surface area contributed by atoms with Crippen LogP contribution in [0.5, 0.6) is 0 Å². The molecule has 10 heteroatoms. The number of anilines is 3. The van der Waals surface area contributed by atoms with Gasteiger partial charge in [0.1, 0.15) is 0 Å². The van der Waals surface area contributed by atoms with E-state index in [1.165, 1.54) is 35.6 Å². The Morgan fingerprint density at radius 3 is 2.21 bits per heavy atom. The van der Waals surface area contributed by atoms with Gasteiger partial charge in [-0.05, 0) is 79.6 Å². The number of para-hydroxylation sites is 2. The summed E-state index contributed by atoms with van der Waals surface area (Å²) in [5, 5.41) is 0.511. The van der Waals surface area contributed by atoms with Crippen LogP contribution in [0.1, 0.15) is 21.5 Å². The predicted molar refractivity (Wildman–Crippen MR) is 146 cm³/mol. The van der Waals surface area contributed by atoms with E-state index in [1.54, 1.807) is 4.90 Å². The van der Waals surface area contributed by atoms with Crippen molar-refractivity contribution in [3.63, 3.8) is 0 Å². The van der Waals surface area contributed by atoms with Crippen LogP contribution in [0.2, 0.25) is 0 Å². The van der Waals surface area contributed by atoms with Crippen molar-refractivity contribution in [1.29, 1.82) is 0 Å². The summed E-state index contributed by atoms with van der Waals surface area (Å²) in [6.45, 7) is 3.85. The number of nitrogens with zero attached hydrogens (tertiary/aromatic N) is 2. The highest BCUT2D eigenvalue weighted by Crippen LogP contribution is 2.38. The quantitative estimate of drug-likeness (QED) is 0.248. The summed E-state index contributed by atoms with van der Waals surface area (Å²) in [4.78, 5) is 19.8. The molecule has 0 atom stereocenters. The molecule has 1 amide bonds. The molecule has 0 saturated heterocycles. The number of hydrogen-bond acceptors (Lipinski definition) is 5. The number of fused-ring (bicyclic) bond motifs is 1. The summed E-state index contributed by atoms with van der Waals surface area (Å²) in [6.07, 6.45) is 0. The zero-order valence-electron chi connectivity index (χ0n) is 20.3. The Bertz CT molecular complexity index is 1730. The van der Waals surface area contributed by atoms with E-state index in [0.717, 1.165) is 39.2 Å². The maximum absolute atomic E-state index is 13.9. The van der Waals surface area contributed by atoms with E-state index < -0.39 is 26.6 Å². The second kappa shape index (κ2) is 9.96. The molecule has 5 aromatic rings. The van der Waals surface area contributed by atoms with Crippen LogP contribution in [0.3, 0.4) is 0 Å². The number of carbonyl (C=O) groups excluding carboxylic acids is 1. The molecular formula is C28H21F2N3O3S2. The number of aromatic nitrogens is 1. The van der Waals surface area contributed by atoms with Crippen LogP contribution in [0.4, 0.5) is 25.3 Å². The van der Waals surface area contributed by atoms with E-state index in [4.69, 9.17) is 4.98 Å². The lowest BCUT2D eigenvalue weighted by molar-refractivity contribution is 0.0999. The second-order valence-electron chi connectivity index (χ2n) is 8.60. The van der Waals surface area contributed by atoms with Gasteiger partial charge in [-0.3, -0.25) is 14.4 Å². The van der Waals surface area contributed by atoms with Crippen molar-refractivity contribution in [3.8, 4) is 0 Å². The van der Waals surface area contributed by atoms with E-state index >= 15 is 0 Å². The summed E-state index contributed by atoms with van der Waals surface area (Å²) < 4.78 is 55.3. The average molecular weight is 550 g/mol. The van der Waals surface area contributed by atoms with Gasteiger partial charge < -0.3 is 0 Å². The molecule has 38 heavy (non-hydrogen) atoms. The summed E-state index contributed by atoms with van der Waals surface area (Å²) in [6, 6.07) is 21.6. The summed E-state index contributed by atoms with van der Waals surface area (Å²) in [5.41, 5.74) is 3.76. The number of thiazole rings is 1. The fourth-order valence-electron chi connectivity index (χ4n) is 4.07. The van der Waals surface area contributed by atoms with E-state index in [-0.39, 0.29) is 11.6 Å². The molecular weight excluding hydrogens is 528 g/mol. The van der Waals surface area contributed by atoms with Gasteiger partial charge in [0.05, 0.1) is 20.8 Å². The highest BCUT2D eigenvalue weighted by Gasteiger charge is 2.26. The average Bonchev–Trinajstić information content (AvgIpc) is 3.31. The molecule has 0 unspecified atom stereocenters. The van der Waals surface area contributed by atoms with Crippen LogP contribution in [-0.2, 0) is 10.0 Å². The lowest BCUT2D eigenvalue weighted by atomic mass is 10.1. The first kappa shape index (κ1) is 25.5. The molecule has 4 aromatic carbocycles. The fraction of sp³-hybridized carbons (Fsp3) is 0.0714. The predicted octanol–water partition coefficient (Wildman–Crippen LogP) is 6.97. The number of rotatable bonds is 6. The molecule has 0 saturated carbocycles. The molecule has 0 aliphatic carbocycles. The van der Waals surface area contributed by atoms with Gasteiger partial charge in [-0.1, -0.05) is 41.7 Å². The molecule has 1 heterocycles. The first-order chi connectivity index (χ1) is 18.1. The summed E-state index contributed by atoms with van der Waals surface area (Å²) >= 11 is 1.40. The van der Waals surface area contributed by atoms with Crippen LogP contribution in [0.15, 0.2) is 89.8 Å². The standard InChI is InChI=1S/C28H21F2N3O3S2/c1-17-6-5-7-18(2)26(17)33(28-31-24-8-3-4-9-25(24)37-28)27(34)19-10-12-20(13-11-19)32-38(35,36)21-14-15-22(29)23(30)16-21/h3-16,32H,1-2H3. The molecule has 1 N–H and O–H groups in total. The van der Waals surface area contributed by atoms with Crippen molar-refractivity contribution >= 4 is 54.0 Å².